The van der Waals surface area contributed by atoms with Gasteiger partial charge in [0, 0.05) is 29.1 Å². The number of hydrogen-bond acceptors (Lipinski definition) is 6. The fourth-order valence-electron chi connectivity index (χ4n) is 3.28. The highest BCUT2D eigenvalue weighted by molar-refractivity contribution is 6.18. The Balaban J connectivity index is 1.71. The number of aliphatic imine (C=N–C) groups is 1. The average Bonchev–Trinajstić information content (AvgIpc) is 3.00. The first kappa shape index (κ1) is 20.6. The maximum atomic E-state index is 5.80. The van der Waals surface area contributed by atoms with Crippen molar-refractivity contribution in [2.45, 2.75) is 26.7 Å². The summed E-state index contributed by atoms with van der Waals surface area (Å²) in [6, 6.07) is 17.7. The number of nitrogens with one attached hydrogen (secondary N) is 1. The van der Waals surface area contributed by atoms with Crippen LogP contribution in [0.4, 0.5) is 5.69 Å². The van der Waals surface area contributed by atoms with Crippen LogP contribution in [0.15, 0.2) is 77.1 Å². The second-order valence-corrected chi connectivity index (χ2v) is 7.11. The molecule has 0 aliphatic carbocycles. The molecule has 0 saturated carbocycles. The standard InChI is InChI=1S/C25H26N4O2/c1-3-5-16-31-20-8-6-18(7-9-20)24-22-17-21(30-4-2)10-11-23(22)27-25(29-28-24)19-12-14-26-15-13-19/h6-15,17H,3-5,16H2,1-2H3,(H,27,29). The lowest BCUT2D eigenvalue weighted by Gasteiger charge is -2.11. The van der Waals surface area contributed by atoms with Crippen LogP contribution in [0.25, 0.3) is 0 Å². The molecular weight excluding hydrogens is 388 g/mol. The second-order valence-electron chi connectivity index (χ2n) is 7.11. The van der Waals surface area contributed by atoms with Gasteiger partial charge in [0.1, 0.15) is 17.2 Å². The van der Waals surface area contributed by atoms with E-state index in [0.29, 0.717) is 12.4 Å². The fourth-order valence-corrected chi connectivity index (χ4v) is 3.28. The molecule has 6 nitrogen and oxygen atoms in total. The van der Waals surface area contributed by atoms with E-state index in [9.17, 15) is 0 Å². The molecule has 0 saturated heterocycles. The molecule has 0 atom stereocenters. The molecule has 0 bridgehead atoms. The minimum absolute atomic E-state index is 0.596. The van der Waals surface area contributed by atoms with Gasteiger partial charge in [-0.15, -0.1) is 0 Å². The van der Waals surface area contributed by atoms with E-state index in [1.54, 1.807) is 12.4 Å². The molecule has 1 N–H and O–H groups in total. The summed E-state index contributed by atoms with van der Waals surface area (Å²) >= 11 is 0. The van der Waals surface area contributed by atoms with E-state index in [2.05, 4.69) is 17.3 Å². The summed E-state index contributed by atoms with van der Waals surface area (Å²) in [5.41, 5.74) is 7.55. The Morgan fingerprint density at radius 3 is 2.35 bits per heavy atom. The minimum atomic E-state index is 0.596. The molecular formula is C25H26N4O2. The molecule has 3 aromatic rings. The molecule has 0 spiro atoms. The molecule has 0 fully saturated rings. The van der Waals surface area contributed by atoms with Crippen LogP contribution in [0.5, 0.6) is 11.5 Å². The summed E-state index contributed by atoms with van der Waals surface area (Å²) in [6.07, 6.45) is 5.64. The lowest BCUT2D eigenvalue weighted by atomic mass is 10.0. The number of benzene rings is 2. The van der Waals surface area contributed by atoms with Crippen LogP contribution in [0.1, 0.15) is 43.4 Å². The number of pyridine rings is 1. The van der Waals surface area contributed by atoms with Gasteiger partial charge in [0.15, 0.2) is 5.84 Å². The zero-order valence-corrected chi connectivity index (χ0v) is 17.8. The highest BCUT2D eigenvalue weighted by Gasteiger charge is 2.18. The van der Waals surface area contributed by atoms with Gasteiger partial charge in [-0.3, -0.25) is 10.4 Å². The van der Waals surface area contributed by atoms with E-state index < -0.39 is 0 Å². The zero-order chi connectivity index (χ0) is 21.5. The van der Waals surface area contributed by atoms with E-state index in [1.165, 1.54) is 0 Å². The Kier molecular flexibility index (Phi) is 6.57. The molecule has 0 amide bonds. The topological polar surface area (TPSA) is 68.1 Å². The summed E-state index contributed by atoms with van der Waals surface area (Å²) < 4.78 is 11.5. The number of unbranched alkanes of at least 4 members (excludes halogenated alkanes) is 1. The smallest absolute Gasteiger partial charge is 0.154 e. The highest BCUT2D eigenvalue weighted by Crippen LogP contribution is 2.30. The highest BCUT2D eigenvalue weighted by atomic mass is 16.5. The SMILES string of the molecule is CCCCOc1ccc(C2=NNC(c3ccncc3)=Nc3ccc(OCC)cc32)cc1. The molecule has 6 heteroatoms. The fraction of sp³-hybridized carbons (Fsp3) is 0.240. The van der Waals surface area contributed by atoms with Crippen molar-refractivity contribution in [2.24, 2.45) is 10.1 Å². The first-order valence-electron chi connectivity index (χ1n) is 10.6. The third-order valence-corrected chi connectivity index (χ3v) is 4.89. The Morgan fingerprint density at radius 2 is 1.61 bits per heavy atom. The van der Waals surface area contributed by atoms with Gasteiger partial charge in [0.25, 0.3) is 0 Å². The van der Waals surface area contributed by atoms with Crippen molar-refractivity contribution in [3.63, 3.8) is 0 Å². The molecule has 2 heterocycles. The van der Waals surface area contributed by atoms with Gasteiger partial charge in [-0.1, -0.05) is 13.3 Å². The van der Waals surface area contributed by atoms with E-state index in [0.717, 1.165) is 59.0 Å². The Morgan fingerprint density at radius 1 is 0.839 bits per heavy atom. The van der Waals surface area contributed by atoms with Gasteiger partial charge >= 0.3 is 0 Å². The van der Waals surface area contributed by atoms with Crippen LogP contribution in [0.2, 0.25) is 0 Å². The van der Waals surface area contributed by atoms with Crippen LogP contribution >= 0.6 is 0 Å². The van der Waals surface area contributed by atoms with Crippen LogP contribution in [0, 0.1) is 0 Å². The molecule has 0 radical (unpaired) electrons. The van der Waals surface area contributed by atoms with E-state index in [1.807, 2.05) is 61.5 Å². The minimum Gasteiger partial charge on any atom is -0.494 e. The van der Waals surface area contributed by atoms with E-state index in [-0.39, 0.29) is 0 Å². The van der Waals surface area contributed by atoms with Crippen LogP contribution < -0.4 is 14.9 Å². The van der Waals surface area contributed by atoms with Gasteiger partial charge in [-0.05, 0) is 67.9 Å². The van der Waals surface area contributed by atoms with Crippen LogP contribution in [-0.4, -0.2) is 29.7 Å². The molecule has 2 aromatic carbocycles. The molecule has 158 valence electrons. The van der Waals surface area contributed by atoms with Gasteiger partial charge in [-0.2, -0.15) is 5.10 Å². The quantitative estimate of drug-likeness (QED) is 0.521. The number of rotatable bonds is 8. The number of amidine groups is 1. The largest absolute Gasteiger partial charge is 0.494 e. The van der Waals surface area contributed by atoms with Gasteiger partial charge < -0.3 is 9.47 Å². The third-order valence-electron chi connectivity index (χ3n) is 4.89. The molecule has 1 aromatic heterocycles. The molecule has 0 unspecified atom stereocenters. The maximum absolute atomic E-state index is 5.80. The van der Waals surface area contributed by atoms with Crippen molar-refractivity contribution in [1.82, 2.24) is 10.4 Å². The predicted molar refractivity (Wildman–Crippen MR) is 124 cm³/mol. The Bertz CT molecular complexity index is 1080. The van der Waals surface area contributed by atoms with Crippen molar-refractivity contribution in [3.8, 4) is 11.5 Å². The number of fused-ring (bicyclic) bond motifs is 1. The van der Waals surface area contributed by atoms with Crippen molar-refractivity contribution in [2.75, 3.05) is 13.2 Å². The normalized spacial score (nSPS) is 12.7. The lowest BCUT2D eigenvalue weighted by Crippen LogP contribution is -2.19. The number of ether oxygens (including phenoxy) is 2. The average molecular weight is 415 g/mol. The summed E-state index contributed by atoms with van der Waals surface area (Å²) in [7, 11) is 0. The molecule has 31 heavy (non-hydrogen) atoms. The summed E-state index contributed by atoms with van der Waals surface area (Å²) in [5.74, 6) is 2.31. The van der Waals surface area contributed by atoms with Gasteiger partial charge in [0.2, 0.25) is 0 Å². The van der Waals surface area contributed by atoms with Crippen molar-refractivity contribution < 1.29 is 9.47 Å². The molecule has 1 aliphatic heterocycles. The lowest BCUT2D eigenvalue weighted by molar-refractivity contribution is 0.309. The van der Waals surface area contributed by atoms with Crippen LogP contribution in [-0.2, 0) is 0 Å². The van der Waals surface area contributed by atoms with Crippen molar-refractivity contribution >= 4 is 17.2 Å². The second kappa shape index (κ2) is 9.89. The Labute approximate surface area is 182 Å². The number of hydrogen-bond donors (Lipinski definition) is 1. The first-order chi connectivity index (χ1) is 15.3. The Hall–Kier alpha value is -3.67. The maximum Gasteiger partial charge on any atom is 0.154 e. The third kappa shape index (κ3) is 4.91. The molecule has 4 rings (SSSR count). The number of nitrogens with zero attached hydrogens (tertiary/aromatic N) is 3. The van der Waals surface area contributed by atoms with Gasteiger partial charge in [-0.25, -0.2) is 4.99 Å². The summed E-state index contributed by atoms with van der Waals surface area (Å²) in [5, 5.41) is 4.72. The number of hydrazone groups is 1. The molecule has 1 aliphatic rings. The monoisotopic (exact) mass is 414 g/mol. The van der Waals surface area contributed by atoms with Crippen molar-refractivity contribution in [3.05, 3.63) is 83.7 Å². The van der Waals surface area contributed by atoms with Gasteiger partial charge in [0.05, 0.1) is 18.9 Å². The van der Waals surface area contributed by atoms with Crippen molar-refractivity contribution in [1.29, 1.82) is 0 Å². The first-order valence-corrected chi connectivity index (χ1v) is 10.6. The number of aromatic nitrogens is 1. The van der Waals surface area contributed by atoms with E-state index >= 15 is 0 Å². The summed E-state index contributed by atoms with van der Waals surface area (Å²) in [6.45, 7) is 5.44. The summed E-state index contributed by atoms with van der Waals surface area (Å²) in [4.78, 5) is 8.93. The zero-order valence-electron chi connectivity index (χ0n) is 17.8. The van der Waals surface area contributed by atoms with E-state index in [4.69, 9.17) is 19.6 Å². The predicted octanol–water partition coefficient (Wildman–Crippen LogP) is 5.09. The van der Waals surface area contributed by atoms with Crippen LogP contribution in [0.3, 0.4) is 0 Å².